The summed E-state index contributed by atoms with van der Waals surface area (Å²) in [5, 5.41) is 11.2. The first-order chi connectivity index (χ1) is 12.5. The van der Waals surface area contributed by atoms with Gasteiger partial charge in [-0.25, -0.2) is 0 Å². The van der Waals surface area contributed by atoms with Crippen LogP contribution in [0, 0.1) is 10.1 Å². The lowest BCUT2D eigenvalue weighted by Crippen LogP contribution is -2.14. The molecule has 0 fully saturated rings. The molecule has 2 aromatic carbocycles. The minimum Gasteiger partial charge on any atom is -0.493 e. The molecule has 26 heavy (non-hydrogen) atoms. The molecule has 0 radical (unpaired) electrons. The molecule has 0 saturated carbocycles. The van der Waals surface area contributed by atoms with Gasteiger partial charge in [-0.3, -0.25) is 14.9 Å². The van der Waals surface area contributed by atoms with Gasteiger partial charge in [0.1, 0.15) is 5.75 Å². The quantitative estimate of drug-likeness (QED) is 0.516. The molecule has 0 amide bonds. The second-order valence-electron chi connectivity index (χ2n) is 5.56. The van der Waals surface area contributed by atoms with Gasteiger partial charge in [0.25, 0.3) is 5.69 Å². The number of aryl methyl sites for hydroxylation is 1. The number of pyridine rings is 1. The van der Waals surface area contributed by atoms with Crippen LogP contribution in [0.1, 0.15) is 0 Å². The van der Waals surface area contributed by atoms with Gasteiger partial charge in [-0.1, -0.05) is 12.1 Å². The Labute approximate surface area is 149 Å². The lowest BCUT2D eigenvalue weighted by molar-refractivity contribution is -0.384. The number of rotatable bonds is 5. The molecule has 0 aliphatic rings. The van der Waals surface area contributed by atoms with Crippen molar-refractivity contribution in [1.82, 2.24) is 4.57 Å². The summed E-state index contributed by atoms with van der Waals surface area (Å²) in [7, 11) is 3.15. The van der Waals surface area contributed by atoms with Gasteiger partial charge in [-0.05, 0) is 24.3 Å². The van der Waals surface area contributed by atoms with E-state index in [1.54, 1.807) is 37.5 Å². The van der Waals surface area contributed by atoms with Gasteiger partial charge in [0.2, 0.25) is 5.56 Å². The summed E-state index contributed by atoms with van der Waals surface area (Å²) in [4.78, 5) is 22.3. The predicted octanol–water partition coefficient (Wildman–Crippen LogP) is 3.76. The van der Waals surface area contributed by atoms with Gasteiger partial charge in [-0.15, -0.1) is 0 Å². The Kier molecular flexibility index (Phi) is 4.70. The highest BCUT2D eigenvalue weighted by molar-refractivity contribution is 5.73. The standard InChI is InChI=1S/C19H16N2O5/c1-20-12-13(7-10-19(20)22)15-11-14(21(23)24)8-9-16(15)26-18-6-4-3-5-17(18)25-2/h3-12H,1-2H3. The zero-order valence-electron chi connectivity index (χ0n) is 14.2. The average Bonchev–Trinajstić information content (AvgIpc) is 2.64. The molecule has 0 aliphatic carbocycles. The maximum absolute atomic E-state index is 11.6. The fourth-order valence-electron chi connectivity index (χ4n) is 2.52. The van der Waals surface area contributed by atoms with Crippen molar-refractivity contribution in [2.75, 3.05) is 7.11 Å². The number of hydrogen-bond acceptors (Lipinski definition) is 5. The number of nitrogens with zero attached hydrogens (tertiary/aromatic N) is 2. The van der Waals surface area contributed by atoms with E-state index in [1.165, 1.54) is 35.9 Å². The number of nitro benzene ring substituents is 1. The first-order valence-corrected chi connectivity index (χ1v) is 7.76. The lowest BCUT2D eigenvalue weighted by Gasteiger charge is -2.14. The minimum absolute atomic E-state index is 0.0683. The highest BCUT2D eigenvalue weighted by Gasteiger charge is 2.16. The van der Waals surface area contributed by atoms with Crippen molar-refractivity contribution in [2.24, 2.45) is 7.05 Å². The lowest BCUT2D eigenvalue weighted by atomic mass is 10.1. The summed E-state index contributed by atoms with van der Waals surface area (Å²) in [5.74, 6) is 1.44. The third-order valence-electron chi connectivity index (χ3n) is 3.86. The van der Waals surface area contributed by atoms with Gasteiger partial charge in [0.15, 0.2) is 11.5 Å². The largest absolute Gasteiger partial charge is 0.493 e. The van der Waals surface area contributed by atoms with E-state index >= 15 is 0 Å². The molecule has 3 aromatic rings. The van der Waals surface area contributed by atoms with Crippen LogP contribution in [0.5, 0.6) is 17.2 Å². The number of para-hydroxylation sites is 2. The van der Waals surface area contributed by atoms with Crippen LogP contribution < -0.4 is 15.0 Å². The number of non-ortho nitro benzene ring substituents is 1. The zero-order chi connectivity index (χ0) is 18.7. The third kappa shape index (κ3) is 3.41. The van der Waals surface area contributed by atoms with Crippen molar-refractivity contribution in [3.8, 4) is 28.4 Å². The zero-order valence-corrected chi connectivity index (χ0v) is 14.2. The average molecular weight is 352 g/mol. The first-order valence-electron chi connectivity index (χ1n) is 7.76. The number of nitro groups is 1. The highest BCUT2D eigenvalue weighted by Crippen LogP contribution is 2.38. The molecule has 0 saturated heterocycles. The van der Waals surface area contributed by atoms with Crippen molar-refractivity contribution in [1.29, 1.82) is 0 Å². The van der Waals surface area contributed by atoms with Crippen LogP contribution in [0.25, 0.3) is 11.1 Å². The summed E-state index contributed by atoms with van der Waals surface area (Å²) < 4.78 is 12.6. The van der Waals surface area contributed by atoms with E-state index in [0.29, 0.717) is 28.4 Å². The van der Waals surface area contributed by atoms with Crippen LogP contribution in [0.4, 0.5) is 5.69 Å². The van der Waals surface area contributed by atoms with Crippen LogP contribution in [0.15, 0.2) is 65.6 Å². The second-order valence-corrected chi connectivity index (χ2v) is 5.56. The van der Waals surface area contributed by atoms with Crippen LogP contribution >= 0.6 is 0 Å². The molecule has 1 heterocycles. The summed E-state index contributed by atoms with van der Waals surface area (Å²) in [6.45, 7) is 0. The van der Waals surface area contributed by atoms with Crippen LogP contribution in [-0.2, 0) is 7.05 Å². The van der Waals surface area contributed by atoms with Crippen LogP contribution in [-0.4, -0.2) is 16.6 Å². The Morgan fingerprint density at radius 2 is 1.73 bits per heavy atom. The van der Waals surface area contributed by atoms with E-state index in [1.807, 2.05) is 6.07 Å². The van der Waals surface area contributed by atoms with Crippen LogP contribution in [0.2, 0.25) is 0 Å². The van der Waals surface area contributed by atoms with E-state index < -0.39 is 4.92 Å². The molecule has 0 spiro atoms. The predicted molar refractivity (Wildman–Crippen MR) is 96.8 cm³/mol. The molecule has 0 unspecified atom stereocenters. The molecule has 0 atom stereocenters. The van der Waals surface area contributed by atoms with Gasteiger partial charge in [0.05, 0.1) is 12.0 Å². The maximum Gasteiger partial charge on any atom is 0.270 e. The Bertz CT molecular complexity index is 1030. The molecule has 0 N–H and O–H groups in total. The van der Waals surface area contributed by atoms with Crippen LogP contribution in [0.3, 0.4) is 0 Å². The smallest absolute Gasteiger partial charge is 0.270 e. The fraction of sp³-hybridized carbons (Fsp3) is 0.105. The molecule has 7 heteroatoms. The Morgan fingerprint density at radius 3 is 2.38 bits per heavy atom. The van der Waals surface area contributed by atoms with Gasteiger partial charge >= 0.3 is 0 Å². The number of benzene rings is 2. The minimum atomic E-state index is -0.474. The van der Waals surface area contributed by atoms with Crippen molar-refractivity contribution in [3.63, 3.8) is 0 Å². The third-order valence-corrected chi connectivity index (χ3v) is 3.86. The van der Waals surface area contributed by atoms with Crippen molar-refractivity contribution >= 4 is 5.69 Å². The second kappa shape index (κ2) is 7.10. The molecular weight excluding hydrogens is 336 g/mol. The normalized spacial score (nSPS) is 10.4. The first kappa shape index (κ1) is 17.2. The SMILES string of the molecule is COc1ccccc1Oc1ccc([N+](=O)[O-])cc1-c1ccc(=O)n(C)c1. The monoisotopic (exact) mass is 352 g/mol. The van der Waals surface area contributed by atoms with Gasteiger partial charge in [0, 0.05) is 42.6 Å². The van der Waals surface area contributed by atoms with Gasteiger partial charge < -0.3 is 14.0 Å². The summed E-state index contributed by atoms with van der Waals surface area (Å²) in [5.41, 5.74) is 0.883. The number of methoxy groups -OCH3 is 1. The van der Waals surface area contributed by atoms with E-state index in [9.17, 15) is 14.9 Å². The molecule has 132 valence electrons. The summed E-state index contributed by atoms with van der Waals surface area (Å²) >= 11 is 0. The molecule has 0 aliphatic heterocycles. The molecule has 3 rings (SSSR count). The van der Waals surface area contributed by atoms with Crippen molar-refractivity contribution in [3.05, 3.63) is 81.3 Å². The Morgan fingerprint density at radius 1 is 1.00 bits per heavy atom. The van der Waals surface area contributed by atoms with E-state index in [-0.39, 0.29) is 11.2 Å². The summed E-state index contributed by atoms with van der Waals surface area (Å²) in [6, 6.07) is 14.4. The van der Waals surface area contributed by atoms with E-state index in [4.69, 9.17) is 9.47 Å². The number of hydrogen-bond donors (Lipinski definition) is 0. The number of ether oxygens (including phenoxy) is 2. The van der Waals surface area contributed by atoms with Gasteiger partial charge in [-0.2, -0.15) is 0 Å². The Balaban J connectivity index is 2.14. The molecular formula is C19H16N2O5. The number of aromatic nitrogens is 1. The molecule has 0 bridgehead atoms. The molecule has 7 nitrogen and oxygen atoms in total. The van der Waals surface area contributed by atoms with Crippen molar-refractivity contribution in [2.45, 2.75) is 0 Å². The highest BCUT2D eigenvalue weighted by atomic mass is 16.6. The fourth-order valence-corrected chi connectivity index (χ4v) is 2.52. The van der Waals surface area contributed by atoms with E-state index in [2.05, 4.69) is 0 Å². The Hall–Kier alpha value is -3.61. The topological polar surface area (TPSA) is 83.6 Å². The van der Waals surface area contributed by atoms with Crippen molar-refractivity contribution < 1.29 is 14.4 Å². The summed E-state index contributed by atoms with van der Waals surface area (Å²) in [6.07, 6.45) is 1.61. The van der Waals surface area contributed by atoms with E-state index in [0.717, 1.165) is 0 Å². The molecule has 1 aromatic heterocycles. The maximum atomic E-state index is 11.6.